The van der Waals surface area contributed by atoms with Gasteiger partial charge in [-0.15, -0.1) is 0 Å². The number of aromatic nitrogens is 2. The predicted molar refractivity (Wildman–Crippen MR) is 85.6 cm³/mol. The van der Waals surface area contributed by atoms with E-state index in [-0.39, 0.29) is 6.04 Å². The number of nitrogens with one attached hydrogen (secondary N) is 1. The van der Waals surface area contributed by atoms with Gasteiger partial charge >= 0.3 is 0 Å². The van der Waals surface area contributed by atoms with Gasteiger partial charge in [0, 0.05) is 18.9 Å². The first kappa shape index (κ1) is 15.6. The highest BCUT2D eigenvalue weighted by atomic mass is 16.5. The Morgan fingerprint density at radius 2 is 2.19 bits per heavy atom. The van der Waals surface area contributed by atoms with E-state index in [2.05, 4.69) is 47.0 Å². The molecule has 4 heteroatoms. The Morgan fingerprint density at radius 3 is 2.90 bits per heavy atom. The summed E-state index contributed by atoms with van der Waals surface area (Å²) in [6.07, 6.45) is 5.97. The van der Waals surface area contributed by atoms with Gasteiger partial charge in [0.2, 0.25) is 0 Å². The third-order valence-electron chi connectivity index (χ3n) is 3.55. The maximum absolute atomic E-state index is 5.31. The summed E-state index contributed by atoms with van der Waals surface area (Å²) in [6, 6.07) is 8.47. The summed E-state index contributed by atoms with van der Waals surface area (Å²) in [7, 11) is 1.70. The van der Waals surface area contributed by atoms with Crippen molar-refractivity contribution in [3.63, 3.8) is 0 Å². The summed E-state index contributed by atoms with van der Waals surface area (Å²) in [5, 5.41) is 3.55. The number of ether oxygens (including phenoxy) is 1. The third kappa shape index (κ3) is 4.08. The van der Waals surface area contributed by atoms with Crippen LogP contribution in [0.3, 0.4) is 0 Å². The van der Waals surface area contributed by atoms with Gasteiger partial charge in [-0.3, -0.25) is 0 Å². The molecule has 1 atom stereocenters. The predicted octanol–water partition coefficient (Wildman–Crippen LogP) is 3.20. The number of hydrogen-bond donors (Lipinski definition) is 1. The highest BCUT2D eigenvalue weighted by Gasteiger charge is 2.16. The molecule has 0 spiro atoms. The number of rotatable bonds is 8. The lowest BCUT2D eigenvalue weighted by Gasteiger charge is -2.19. The molecule has 0 saturated carbocycles. The van der Waals surface area contributed by atoms with Gasteiger partial charge in [0.05, 0.1) is 13.2 Å². The standard InChI is InChI=1S/C17H25N3O/c1-4-10-20-11-9-19-17(20)16(18-5-2)13-14-7-6-8-15(12-14)21-3/h6-9,11-12,16,18H,4-5,10,13H2,1-3H3. The molecule has 4 nitrogen and oxygen atoms in total. The van der Waals surface area contributed by atoms with Crippen molar-refractivity contribution in [2.45, 2.75) is 39.3 Å². The van der Waals surface area contributed by atoms with Crippen molar-refractivity contribution in [1.82, 2.24) is 14.9 Å². The Hall–Kier alpha value is -1.81. The average molecular weight is 287 g/mol. The molecule has 1 N–H and O–H groups in total. The second-order valence-corrected chi connectivity index (χ2v) is 5.14. The van der Waals surface area contributed by atoms with Crippen LogP contribution in [0, 0.1) is 0 Å². The van der Waals surface area contributed by atoms with Crippen LogP contribution >= 0.6 is 0 Å². The van der Waals surface area contributed by atoms with Crippen LogP contribution in [0.4, 0.5) is 0 Å². The van der Waals surface area contributed by atoms with Crippen molar-refractivity contribution in [1.29, 1.82) is 0 Å². The molecule has 114 valence electrons. The quantitative estimate of drug-likeness (QED) is 0.810. The minimum Gasteiger partial charge on any atom is -0.497 e. The van der Waals surface area contributed by atoms with Crippen LogP contribution in [0.15, 0.2) is 36.7 Å². The SMILES string of the molecule is CCCn1ccnc1C(Cc1cccc(OC)c1)NCC. The number of imidazole rings is 1. The molecule has 2 rings (SSSR count). The molecule has 0 saturated heterocycles. The first-order chi connectivity index (χ1) is 10.3. The van der Waals surface area contributed by atoms with Gasteiger partial charge in [0.25, 0.3) is 0 Å². The van der Waals surface area contributed by atoms with Crippen LogP contribution in [-0.2, 0) is 13.0 Å². The lowest BCUT2D eigenvalue weighted by Crippen LogP contribution is -2.26. The highest BCUT2D eigenvalue weighted by Crippen LogP contribution is 2.20. The van der Waals surface area contributed by atoms with E-state index >= 15 is 0 Å². The van der Waals surface area contributed by atoms with Crippen molar-refractivity contribution >= 4 is 0 Å². The number of aryl methyl sites for hydroxylation is 1. The first-order valence-electron chi connectivity index (χ1n) is 7.65. The summed E-state index contributed by atoms with van der Waals surface area (Å²) < 4.78 is 7.55. The van der Waals surface area contributed by atoms with E-state index in [1.807, 2.05) is 18.3 Å². The van der Waals surface area contributed by atoms with Gasteiger partial charge < -0.3 is 14.6 Å². The van der Waals surface area contributed by atoms with E-state index < -0.39 is 0 Å². The molecule has 0 aliphatic heterocycles. The van der Waals surface area contributed by atoms with Crippen LogP contribution in [0.5, 0.6) is 5.75 Å². The molecule has 0 amide bonds. The van der Waals surface area contributed by atoms with E-state index in [9.17, 15) is 0 Å². The molecule has 2 aromatic rings. The average Bonchev–Trinajstić information content (AvgIpc) is 2.96. The van der Waals surface area contributed by atoms with Gasteiger partial charge in [-0.05, 0) is 37.1 Å². The summed E-state index contributed by atoms with van der Waals surface area (Å²) in [5.41, 5.74) is 1.26. The van der Waals surface area contributed by atoms with Crippen LogP contribution in [0.2, 0.25) is 0 Å². The monoisotopic (exact) mass is 287 g/mol. The van der Waals surface area contributed by atoms with E-state index in [1.54, 1.807) is 7.11 Å². The minimum absolute atomic E-state index is 0.226. The zero-order valence-corrected chi connectivity index (χ0v) is 13.2. The van der Waals surface area contributed by atoms with Gasteiger partial charge in [0.1, 0.15) is 11.6 Å². The Balaban J connectivity index is 2.19. The van der Waals surface area contributed by atoms with Crippen molar-refractivity contribution in [2.24, 2.45) is 0 Å². The molecule has 0 aliphatic rings. The topological polar surface area (TPSA) is 39.1 Å². The fourth-order valence-electron chi connectivity index (χ4n) is 2.60. The van der Waals surface area contributed by atoms with E-state index in [1.165, 1.54) is 5.56 Å². The maximum atomic E-state index is 5.31. The molecule has 0 radical (unpaired) electrons. The fourth-order valence-corrected chi connectivity index (χ4v) is 2.60. The lowest BCUT2D eigenvalue weighted by molar-refractivity contribution is 0.413. The summed E-state index contributed by atoms with van der Waals surface area (Å²) in [6.45, 7) is 6.25. The Labute approximate surface area is 127 Å². The van der Waals surface area contributed by atoms with Crippen LogP contribution < -0.4 is 10.1 Å². The van der Waals surface area contributed by atoms with E-state index in [0.29, 0.717) is 0 Å². The summed E-state index contributed by atoms with van der Waals surface area (Å²) >= 11 is 0. The molecule has 1 aromatic heterocycles. The number of hydrogen-bond acceptors (Lipinski definition) is 3. The smallest absolute Gasteiger partial charge is 0.126 e. The Bertz CT molecular complexity index is 550. The molecule has 1 heterocycles. The number of likely N-dealkylation sites (N-methyl/N-ethyl adjacent to an activating group) is 1. The molecular formula is C17H25N3O. The van der Waals surface area contributed by atoms with Crippen molar-refractivity contribution in [3.8, 4) is 5.75 Å². The van der Waals surface area contributed by atoms with Crippen molar-refractivity contribution in [3.05, 3.63) is 48.0 Å². The van der Waals surface area contributed by atoms with Crippen molar-refractivity contribution < 1.29 is 4.74 Å². The third-order valence-corrected chi connectivity index (χ3v) is 3.55. The Kier molecular flexibility index (Phi) is 5.81. The maximum Gasteiger partial charge on any atom is 0.126 e. The summed E-state index contributed by atoms with van der Waals surface area (Å²) in [5.74, 6) is 2.01. The van der Waals surface area contributed by atoms with E-state index in [0.717, 1.165) is 37.5 Å². The number of nitrogens with zero attached hydrogens (tertiary/aromatic N) is 2. The second kappa shape index (κ2) is 7.84. The normalized spacial score (nSPS) is 12.3. The first-order valence-corrected chi connectivity index (χ1v) is 7.65. The molecule has 0 bridgehead atoms. The lowest BCUT2D eigenvalue weighted by atomic mass is 10.0. The van der Waals surface area contributed by atoms with Gasteiger partial charge in [0.15, 0.2) is 0 Å². The van der Waals surface area contributed by atoms with Crippen LogP contribution in [0.25, 0.3) is 0 Å². The fraction of sp³-hybridized carbons (Fsp3) is 0.471. The zero-order chi connectivity index (χ0) is 15.1. The molecule has 1 aromatic carbocycles. The van der Waals surface area contributed by atoms with Crippen LogP contribution in [0.1, 0.15) is 37.7 Å². The zero-order valence-electron chi connectivity index (χ0n) is 13.2. The van der Waals surface area contributed by atoms with Crippen molar-refractivity contribution in [2.75, 3.05) is 13.7 Å². The molecule has 21 heavy (non-hydrogen) atoms. The number of benzene rings is 1. The molecule has 0 aliphatic carbocycles. The molecule has 1 unspecified atom stereocenters. The number of methoxy groups -OCH3 is 1. The van der Waals surface area contributed by atoms with Crippen LogP contribution in [-0.4, -0.2) is 23.2 Å². The largest absolute Gasteiger partial charge is 0.497 e. The Morgan fingerprint density at radius 1 is 1.33 bits per heavy atom. The second-order valence-electron chi connectivity index (χ2n) is 5.14. The van der Waals surface area contributed by atoms with Gasteiger partial charge in [-0.25, -0.2) is 4.98 Å². The van der Waals surface area contributed by atoms with Gasteiger partial charge in [-0.1, -0.05) is 26.0 Å². The van der Waals surface area contributed by atoms with Gasteiger partial charge in [-0.2, -0.15) is 0 Å². The minimum atomic E-state index is 0.226. The molecular weight excluding hydrogens is 262 g/mol. The summed E-state index contributed by atoms with van der Waals surface area (Å²) in [4.78, 5) is 4.56. The highest BCUT2D eigenvalue weighted by molar-refractivity contribution is 5.29. The van der Waals surface area contributed by atoms with E-state index in [4.69, 9.17) is 4.74 Å². The molecule has 0 fully saturated rings.